The topological polar surface area (TPSA) is 46.9 Å². The van der Waals surface area contributed by atoms with Crippen LogP contribution in [0, 0.1) is 5.92 Å². The van der Waals surface area contributed by atoms with E-state index in [1.54, 1.807) is 4.68 Å². The van der Waals surface area contributed by atoms with Crippen molar-refractivity contribution in [2.45, 2.75) is 25.7 Å². The molecule has 0 aliphatic carbocycles. The van der Waals surface area contributed by atoms with E-state index < -0.39 is 0 Å². The summed E-state index contributed by atoms with van der Waals surface area (Å²) in [6.45, 7) is 2.08. The Kier molecular flexibility index (Phi) is 3.72. The Bertz CT molecular complexity index is 353. The summed E-state index contributed by atoms with van der Waals surface area (Å²) in [6, 6.07) is 0. The van der Waals surface area contributed by atoms with Crippen molar-refractivity contribution in [2.75, 3.05) is 13.1 Å². The van der Waals surface area contributed by atoms with Crippen LogP contribution >= 0.6 is 0 Å². The van der Waals surface area contributed by atoms with Gasteiger partial charge in [-0.15, -0.1) is 0 Å². The number of rotatable bonds is 5. The smallest absolute Gasteiger partial charge is 0.133 e. The molecule has 0 saturated carbocycles. The van der Waals surface area contributed by atoms with Gasteiger partial charge in [-0.1, -0.05) is 0 Å². The normalized spacial score (nSPS) is 20.2. The summed E-state index contributed by atoms with van der Waals surface area (Å²) in [5, 5.41) is 7.38. The SMILES string of the molecule is Cn1cc(CCC(=O)CC2CCNC2)cn1. The van der Waals surface area contributed by atoms with Gasteiger partial charge in [0.05, 0.1) is 6.20 Å². The summed E-state index contributed by atoms with van der Waals surface area (Å²) < 4.78 is 1.78. The van der Waals surface area contributed by atoms with Crippen LogP contribution in [-0.2, 0) is 18.3 Å². The van der Waals surface area contributed by atoms with Gasteiger partial charge < -0.3 is 5.32 Å². The molecule has 1 aliphatic rings. The second kappa shape index (κ2) is 5.25. The minimum absolute atomic E-state index is 0.387. The number of hydrogen-bond donors (Lipinski definition) is 1. The Morgan fingerprint density at radius 1 is 1.69 bits per heavy atom. The maximum atomic E-state index is 11.7. The van der Waals surface area contributed by atoms with E-state index in [0.717, 1.165) is 37.9 Å². The zero-order valence-corrected chi connectivity index (χ0v) is 9.78. The molecule has 2 rings (SSSR count). The number of hydrogen-bond acceptors (Lipinski definition) is 3. The molecule has 1 aromatic rings. The highest BCUT2D eigenvalue weighted by Gasteiger charge is 2.17. The highest BCUT2D eigenvalue weighted by atomic mass is 16.1. The van der Waals surface area contributed by atoms with Gasteiger partial charge >= 0.3 is 0 Å². The Hall–Kier alpha value is -1.16. The van der Waals surface area contributed by atoms with Crippen molar-refractivity contribution >= 4 is 5.78 Å². The molecule has 0 radical (unpaired) electrons. The molecule has 1 unspecified atom stereocenters. The van der Waals surface area contributed by atoms with Crippen LogP contribution in [0.25, 0.3) is 0 Å². The number of nitrogens with zero attached hydrogens (tertiary/aromatic N) is 2. The van der Waals surface area contributed by atoms with Crippen LogP contribution < -0.4 is 5.32 Å². The lowest BCUT2D eigenvalue weighted by molar-refractivity contribution is -0.119. The molecule has 1 atom stereocenters. The monoisotopic (exact) mass is 221 g/mol. The molecule has 0 bridgehead atoms. The Morgan fingerprint density at radius 2 is 2.56 bits per heavy atom. The van der Waals surface area contributed by atoms with Gasteiger partial charge in [-0.3, -0.25) is 9.48 Å². The average molecular weight is 221 g/mol. The predicted molar refractivity (Wildman–Crippen MR) is 62.1 cm³/mol. The molecular formula is C12H19N3O. The number of Topliss-reactive ketones (excluding diaryl/α,β-unsaturated/α-hetero) is 1. The largest absolute Gasteiger partial charge is 0.316 e. The van der Waals surface area contributed by atoms with Gasteiger partial charge in [-0.05, 0) is 37.4 Å². The zero-order valence-electron chi connectivity index (χ0n) is 9.78. The third-order valence-electron chi connectivity index (χ3n) is 3.13. The van der Waals surface area contributed by atoms with E-state index >= 15 is 0 Å². The van der Waals surface area contributed by atoms with E-state index in [-0.39, 0.29) is 0 Å². The minimum Gasteiger partial charge on any atom is -0.316 e. The van der Waals surface area contributed by atoms with Crippen LogP contribution in [0.3, 0.4) is 0 Å². The quantitative estimate of drug-likeness (QED) is 0.804. The number of aryl methyl sites for hydroxylation is 2. The third-order valence-corrected chi connectivity index (χ3v) is 3.13. The first-order valence-electron chi connectivity index (χ1n) is 5.94. The summed E-state index contributed by atoms with van der Waals surface area (Å²) in [4.78, 5) is 11.7. The summed E-state index contributed by atoms with van der Waals surface area (Å²) in [6.07, 6.45) is 7.19. The number of ketones is 1. The van der Waals surface area contributed by atoms with Crippen molar-refractivity contribution < 1.29 is 4.79 Å². The van der Waals surface area contributed by atoms with Gasteiger partial charge in [-0.2, -0.15) is 5.10 Å². The van der Waals surface area contributed by atoms with E-state index in [0.29, 0.717) is 18.1 Å². The molecule has 88 valence electrons. The number of carbonyl (C=O) groups is 1. The first kappa shape index (κ1) is 11.3. The average Bonchev–Trinajstić information content (AvgIpc) is 2.87. The second-order valence-electron chi connectivity index (χ2n) is 4.62. The van der Waals surface area contributed by atoms with E-state index in [4.69, 9.17) is 0 Å². The zero-order chi connectivity index (χ0) is 11.4. The Balaban J connectivity index is 1.71. The fourth-order valence-electron chi connectivity index (χ4n) is 2.20. The summed E-state index contributed by atoms with van der Waals surface area (Å²) >= 11 is 0. The van der Waals surface area contributed by atoms with E-state index in [1.807, 2.05) is 19.4 Å². The van der Waals surface area contributed by atoms with Crippen molar-refractivity contribution in [1.29, 1.82) is 0 Å². The Labute approximate surface area is 96.0 Å². The molecule has 16 heavy (non-hydrogen) atoms. The van der Waals surface area contributed by atoms with Crippen LogP contribution in [0.2, 0.25) is 0 Å². The van der Waals surface area contributed by atoms with Crippen LogP contribution in [0.1, 0.15) is 24.8 Å². The van der Waals surface area contributed by atoms with Crippen LogP contribution in [0.4, 0.5) is 0 Å². The molecule has 1 aromatic heterocycles. The Morgan fingerprint density at radius 3 is 3.19 bits per heavy atom. The highest BCUT2D eigenvalue weighted by molar-refractivity contribution is 5.78. The van der Waals surface area contributed by atoms with Gasteiger partial charge in [0.25, 0.3) is 0 Å². The van der Waals surface area contributed by atoms with Crippen LogP contribution in [0.15, 0.2) is 12.4 Å². The first-order valence-corrected chi connectivity index (χ1v) is 5.94. The van der Waals surface area contributed by atoms with Gasteiger partial charge in [-0.25, -0.2) is 0 Å². The van der Waals surface area contributed by atoms with Crippen molar-refractivity contribution in [3.8, 4) is 0 Å². The minimum atomic E-state index is 0.387. The van der Waals surface area contributed by atoms with Crippen molar-refractivity contribution in [1.82, 2.24) is 15.1 Å². The molecule has 1 fully saturated rings. The summed E-state index contributed by atoms with van der Waals surface area (Å²) in [5.74, 6) is 0.957. The van der Waals surface area contributed by atoms with Crippen molar-refractivity contribution in [3.63, 3.8) is 0 Å². The van der Waals surface area contributed by atoms with E-state index in [1.165, 1.54) is 0 Å². The molecule has 4 nitrogen and oxygen atoms in total. The number of aromatic nitrogens is 2. The molecule has 4 heteroatoms. The molecule has 0 aromatic carbocycles. The standard InChI is InChI=1S/C12H19N3O/c1-15-9-11(8-14-15)2-3-12(16)6-10-4-5-13-7-10/h8-10,13H,2-7H2,1H3. The van der Waals surface area contributed by atoms with Gasteiger partial charge in [0.15, 0.2) is 0 Å². The second-order valence-corrected chi connectivity index (χ2v) is 4.62. The molecular weight excluding hydrogens is 202 g/mol. The summed E-state index contributed by atoms with van der Waals surface area (Å²) in [7, 11) is 1.90. The van der Waals surface area contributed by atoms with Gasteiger partial charge in [0.1, 0.15) is 5.78 Å². The maximum Gasteiger partial charge on any atom is 0.133 e. The van der Waals surface area contributed by atoms with Gasteiger partial charge in [0, 0.05) is 26.1 Å². The molecule has 2 heterocycles. The number of nitrogens with one attached hydrogen (secondary N) is 1. The van der Waals surface area contributed by atoms with Crippen molar-refractivity contribution in [3.05, 3.63) is 18.0 Å². The molecule has 1 saturated heterocycles. The molecule has 1 N–H and O–H groups in total. The lowest BCUT2D eigenvalue weighted by atomic mass is 9.98. The lowest BCUT2D eigenvalue weighted by Crippen LogP contribution is -2.13. The van der Waals surface area contributed by atoms with Crippen LogP contribution in [-0.4, -0.2) is 28.7 Å². The first-order chi connectivity index (χ1) is 7.74. The number of carbonyl (C=O) groups excluding carboxylic acids is 1. The fraction of sp³-hybridized carbons (Fsp3) is 0.667. The van der Waals surface area contributed by atoms with E-state index in [9.17, 15) is 4.79 Å². The molecule has 0 amide bonds. The lowest BCUT2D eigenvalue weighted by Gasteiger charge is -2.06. The van der Waals surface area contributed by atoms with E-state index in [2.05, 4.69) is 10.4 Å². The third kappa shape index (κ3) is 3.17. The van der Waals surface area contributed by atoms with Gasteiger partial charge in [0.2, 0.25) is 0 Å². The van der Waals surface area contributed by atoms with Crippen molar-refractivity contribution in [2.24, 2.45) is 13.0 Å². The highest BCUT2D eigenvalue weighted by Crippen LogP contribution is 2.14. The predicted octanol–water partition coefficient (Wildman–Crippen LogP) is 0.921. The maximum absolute atomic E-state index is 11.7. The molecule has 0 spiro atoms. The summed E-state index contributed by atoms with van der Waals surface area (Å²) in [5.41, 5.74) is 1.15. The van der Waals surface area contributed by atoms with Crippen LogP contribution in [0.5, 0.6) is 0 Å². The molecule has 1 aliphatic heterocycles. The fourth-order valence-corrected chi connectivity index (χ4v) is 2.20.